The van der Waals surface area contributed by atoms with Crippen LogP contribution in [0.2, 0.25) is 0 Å². The summed E-state index contributed by atoms with van der Waals surface area (Å²) in [5.74, 6) is 4.23. The molecule has 0 saturated heterocycles. The molecule has 96 heavy (non-hydrogen) atoms. The predicted molar refractivity (Wildman–Crippen MR) is 386 cm³/mol. The zero-order valence-electron chi connectivity index (χ0n) is 58.3. The summed E-state index contributed by atoms with van der Waals surface area (Å²) in [5, 5.41) is 19.1. The summed E-state index contributed by atoms with van der Waals surface area (Å²) in [5.41, 5.74) is 15.5. The fraction of sp³-hybridized carbons (Fsp3) is 0.429. The molecule has 4 aliphatic rings. The van der Waals surface area contributed by atoms with Crippen molar-refractivity contribution in [1.82, 2.24) is 0 Å². The van der Waals surface area contributed by atoms with Gasteiger partial charge in [-0.2, -0.15) is 0 Å². The summed E-state index contributed by atoms with van der Waals surface area (Å²) < 4.78 is 79.3. The number of ether oxygens (including phenoxy) is 4. The Labute approximate surface area is 578 Å². The Bertz CT molecular complexity index is 3460. The van der Waals surface area contributed by atoms with E-state index in [2.05, 4.69) is 67.5 Å². The second-order valence-electron chi connectivity index (χ2n) is 29.4. The SMILES string of the molecule is COc1ccc(F)c(-c2ccc(CCl)cc2[C@@H]2CCCC2(C)C)c1.COc1ccc(F)c(-c2ccc(CCl)cc2[C@H]2CCCC2(C)C)c1.COc1ccc(F)c(-c2ccc(CO)cc2[C@@H]2CCCC2(C)C)c1.COc1ccc(F)c(-c2ccc(CO)cc2[C@H]2CCCC2(C)C)c1. The predicted octanol–water partition coefficient (Wildman–Crippen LogP) is 23.6. The van der Waals surface area contributed by atoms with Gasteiger partial charge >= 0.3 is 0 Å². The van der Waals surface area contributed by atoms with Crippen LogP contribution in [0.25, 0.3) is 44.5 Å². The van der Waals surface area contributed by atoms with Crippen molar-refractivity contribution >= 4 is 23.2 Å². The van der Waals surface area contributed by atoms with Gasteiger partial charge < -0.3 is 29.2 Å². The third-order valence-corrected chi connectivity index (χ3v) is 22.1. The Balaban J connectivity index is 0.000000150. The lowest BCUT2D eigenvalue weighted by atomic mass is 9.75. The van der Waals surface area contributed by atoms with Crippen LogP contribution in [0.1, 0.15) is 201 Å². The monoisotopic (exact) mass is 1350 g/mol. The third-order valence-electron chi connectivity index (χ3n) is 21.5. The van der Waals surface area contributed by atoms with Gasteiger partial charge in [-0.15, -0.1) is 23.2 Å². The molecule has 512 valence electrons. The highest BCUT2D eigenvalue weighted by atomic mass is 35.5. The van der Waals surface area contributed by atoms with E-state index in [0.717, 1.165) is 81.3 Å². The first kappa shape index (κ1) is 73.4. The van der Waals surface area contributed by atoms with Crippen molar-refractivity contribution in [3.05, 3.63) is 213 Å². The van der Waals surface area contributed by atoms with Crippen LogP contribution >= 0.6 is 23.2 Å². The van der Waals surface area contributed by atoms with Crippen molar-refractivity contribution < 1.29 is 46.7 Å². The first-order chi connectivity index (χ1) is 45.8. The van der Waals surface area contributed by atoms with Gasteiger partial charge in [-0.25, -0.2) is 17.6 Å². The number of benzene rings is 8. The van der Waals surface area contributed by atoms with E-state index in [-0.39, 0.29) is 58.1 Å². The molecule has 2 N–H and O–H groups in total. The van der Waals surface area contributed by atoms with Gasteiger partial charge in [0, 0.05) is 34.0 Å². The van der Waals surface area contributed by atoms with Crippen LogP contribution in [-0.2, 0) is 25.0 Å². The minimum Gasteiger partial charge on any atom is -0.497 e. The van der Waals surface area contributed by atoms with Crippen LogP contribution in [0.4, 0.5) is 17.6 Å². The number of aliphatic hydroxyl groups is 2. The average Bonchev–Trinajstić information content (AvgIpc) is 1.38. The number of halogens is 6. The van der Waals surface area contributed by atoms with Crippen molar-refractivity contribution in [2.45, 2.75) is 181 Å². The summed E-state index contributed by atoms with van der Waals surface area (Å²) in [6.07, 6.45) is 14.0. The molecule has 6 nitrogen and oxygen atoms in total. The molecule has 8 aromatic rings. The normalized spacial score (nSPS) is 19.5. The third kappa shape index (κ3) is 16.7. The maximum absolute atomic E-state index is 14.6. The van der Waals surface area contributed by atoms with Gasteiger partial charge in [0.1, 0.15) is 46.3 Å². The van der Waals surface area contributed by atoms with Crippen molar-refractivity contribution in [3.63, 3.8) is 0 Å². The molecule has 0 spiro atoms. The Hall–Kier alpha value is -6.82. The van der Waals surface area contributed by atoms with Crippen molar-refractivity contribution in [2.75, 3.05) is 28.4 Å². The van der Waals surface area contributed by atoms with Crippen LogP contribution in [0, 0.1) is 44.9 Å². The van der Waals surface area contributed by atoms with E-state index in [1.165, 1.54) is 86.8 Å². The fourth-order valence-electron chi connectivity index (χ4n) is 15.9. The molecule has 4 aliphatic carbocycles. The quantitative estimate of drug-likeness (QED) is 0.0741. The van der Waals surface area contributed by atoms with Gasteiger partial charge in [0.2, 0.25) is 0 Å². The zero-order valence-corrected chi connectivity index (χ0v) is 59.8. The van der Waals surface area contributed by atoms with E-state index in [0.29, 0.717) is 80.7 Å². The van der Waals surface area contributed by atoms with Gasteiger partial charge in [0.05, 0.1) is 41.7 Å². The van der Waals surface area contributed by atoms with E-state index >= 15 is 0 Å². The number of aliphatic hydroxyl groups excluding tert-OH is 2. The number of methoxy groups -OCH3 is 4. The Morgan fingerprint density at radius 1 is 0.323 bits per heavy atom. The lowest BCUT2D eigenvalue weighted by Gasteiger charge is -2.30. The lowest BCUT2D eigenvalue weighted by Crippen LogP contribution is -2.16. The molecule has 0 aliphatic heterocycles. The molecular formula is C84H98Cl2F4O6. The molecule has 12 rings (SSSR count). The van der Waals surface area contributed by atoms with Crippen molar-refractivity contribution in [1.29, 1.82) is 0 Å². The number of alkyl halides is 2. The topological polar surface area (TPSA) is 77.4 Å². The lowest BCUT2D eigenvalue weighted by molar-refractivity contribution is 0.281. The molecule has 0 unspecified atom stereocenters. The second kappa shape index (κ2) is 31.8. The minimum atomic E-state index is -0.246. The molecule has 8 aromatic carbocycles. The van der Waals surface area contributed by atoms with E-state index in [1.807, 2.05) is 60.7 Å². The second-order valence-corrected chi connectivity index (χ2v) is 29.9. The molecule has 4 fully saturated rings. The fourth-order valence-corrected chi connectivity index (χ4v) is 16.2. The highest BCUT2D eigenvalue weighted by Crippen LogP contribution is 2.56. The van der Waals surface area contributed by atoms with Crippen LogP contribution in [0.3, 0.4) is 0 Å². The van der Waals surface area contributed by atoms with Crippen LogP contribution < -0.4 is 18.9 Å². The summed E-state index contributed by atoms with van der Waals surface area (Å²) >= 11 is 12.1. The minimum absolute atomic E-state index is 0.00101. The summed E-state index contributed by atoms with van der Waals surface area (Å²) in [7, 11) is 6.39. The van der Waals surface area contributed by atoms with Gasteiger partial charge in [0.25, 0.3) is 0 Å². The molecule has 4 atom stereocenters. The van der Waals surface area contributed by atoms with Gasteiger partial charge in [0.15, 0.2) is 0 Å². The molecule has 4 saturated carbocycles. The number of hydrogen-bond donors (Lipinski definition) is 2. The van der Waals surface area contributed by atoms with Crippen molar-refractivity contribution in [2.24, 2.45) is 21.7 Å². The molecule has 0 amide bonds. The first-order valence-corrected chi connectivity index (χ1v) is 35.1. The average molecular weight is 1350 g/mol. The highest BCUT2D eigenvalue weighted by molar-refractivity contribution is 6.17. The van der Waals surface area contributed by atoms with Gasteiger partial charge in [-0.1, -0.05) is 154 Å². The Morgan fingerprint density at radius 3 is 0.729 bits per heavy atom. The van der Waals surface area contributed by atoms with Gasteiger partial charge in [-0.05, 0) is 236 Å². The molecule has 0 aromatic heterocycles. The van der Waals surface area contributed by atoms with Crippen LogP contribution in [0.5, 0.6) is 23.0 Å². The highest BCUT2D eigenvalue weighted by Gasteiger charge is 2.41. The molecule has 0 bridgehead atoms. The molecule has 0 heterocycles. The van der Waals surface area contributed by atoms with Gasteiger partial charge in [-0.3, -0.25) is 0 Å². The Kier molecular flexibility index (Phi) is 24.3. The van der Waals surface area contributed by atoms with E-state index < -0.39 is 0 Å². The summed E-state index contributed by atoms with van der Waals surface area (Å²) in [4.78, 5) is 0. The van der Waals surface area contributed by atoms with E-state index in [4.69, 9.17) is 42.1 Å². The molecular weight excluding hydrogens is 1250 g/mol. The van der Waals surface area contributed by atoms with Crippen LogP contribution in [-0.4, -0.2) is 38.7 Å². The van der Waals surface area contributed by atoms with E-state index in [9.17, 15) is 27.8 Å². The van der Waals surface area contributed by atoms with Crippen LogP contribution in [0.15, 0.2) is 146 Å². The van der Waals surface area contributed by atoms with Crippen molar-refractivity contribution in [3.8, 4) is 67.5 Å². The smallest absolute Gasteiger partial charge is 0.131 e. The maximum Gasteiger partial charge on any atom is 0.131 e. The summed E-state index contributed by atoms with van der Waals surface area (Å²) in [6, 6.07) is 43.6. The zero-order chi connectivity index (χ0) is 69.3. The number of rotatable bonds is 16. The molecule has 0 radical (unpaired) electrons. The Morgan fingerprint density at radius 2 is 0.542 bits per heavy atom. The molecule has 12 heteroatoms. The standard InChI is InChI=1S/2C21H24ClFO.2C21H25FO2/c2*1-21(2)10-4-5-19(21)17-11-14(13-22)6-8-16(17)18-12-15(24-3)7-9-20(18)23;2*1-21(2)10-4-5-19(21)17-11-14(13-23)6-8-16(17)18-12-15(24-3)7-9-20(18)22/h2*6-9,11-12,19H,4-5,10,13H2,1-3H3;2*6-9,11-12,19,23H,4-5,10,13H2,1-3H3/t4*19-/m1010/s1. The summed E-state index contributed by atoms with van der Waals surface area (Å²) in [6.45, 7) is 18.4. The largest absolute Gasteiger partial charge is 0.497 e. The first-order valence-electron chi connectivity index (χ1n) is 34.0. The maximum atomic E-state index is 14.6. The van der Waals surface area contributed by atoms with E-state index in [1.54, 1.807) is 77.0 Å². The number of hydrogen-bond acceptors (Lipinski definition) is 6.